The molecule has 156 valence electrons. The minimum Gasteiger partial charge on any atom is -0.475 e. The van der Waals surface area contributed by atoms with E-state index in [1.165, 1.54) is 11.1 Å². The predicted molar refractivity (Wildman–Crippen MR) is 115 cm³/mol. The van der Waals surface area contributed by atoms with Crippen molar-refractivity contribution in [3.8, 4) is 17.7 Å². The number of likely N-dealkylation sites (tertiary alicyclic amines) is 1. The number of ether oxygens (including phenoxy) is 2. The topological polar surface area (TPSA) is 51.7 Å². The van der Waals surface area contributed by atoms with Gasteiger partial charge < -0.3 is 9.47 Å². The van der Waals surface area contributed by atoms with Gasteiger partial charge in [-0.3, -0.25) is 9.69 Å². The molecule has 1 aromatic heterocycles. The van der Waals surface area contributed by atoms with E-state index in [1.807, 2.05) is 32.9 Å². The molecule has 1 saturated heterocycles. The van der Waals surface area contributed by atoms with Crippen molar-refractivity contribution >= 4 is 5.97 Å². The lowest BCUT2D eigenvalue weighted by Gasteiger charge is -2.47. The lowest BCUT2D eigenvalue weighted by Crippen LogP contribution is -2.58. The van der Waals surface area contributed by atoms with Crippen LogP contribution < -0.4 is 4.74 Å². The minimum atomic E-state index is -0.126. The third kappa shape index (κ3) is 4.66. The third-order valence-electron chi connectivity index (χ3n) is 5.56. The number of esters is 1. The molecule has 4 rings (SSSR count). The average molecular weight is 405 g/mol. The maximum absolute atomic E-state index is 11.7. The molecule has 1 spiro atoms. The highest BCUT2D eigenvalue weighted by Crippen LogP contribution is 2.44. The third-order valence-corrected chi connectivity index (χ3v) is 5.56. The van der Waals surface area contributed by atoms with Crippen LogP contribution in [0.1, 0.15) is 43.0 Å². The van der Waals surface area contributed by atoms with Crippen LogP contribution in [0.15, 0.2) is 36.5 Å². The Hall–Kier alpha value is -2.84. The van der Waals surface area contributed by atoms with Crippen molar-refractivity contribution < 1.29 is 14.3 Å². The van der Waals surface area contributed by atoms with Crippen LogP contribution in [0, 0.1) is 17.3 Å². The summed E-state index contributed by atoms with van der Waals surface area (Å²) in [4.78, 5) is 18.2. The van der Waals surface area contributed by atoms with Gasteiger partial charge in [0, 0.05) is 41.9 Å². The molecule has 2 aliphatic rings. The van der Waals surface area contributed by atoms with Crippen molar-refractivity contribution in [2.45, 2.75) is 39.7 Å². The maximum Gasteiger partial charge on any atom is 0.320 e. The minimum absolute atomic E-state index is 0.108. The van der Waals surface area contributed by atoms with Gasteiger partial charge in [0.1, 0.15) is 0 Å². The van der Waals surface area contributed by atoms with Crippen LogP contribution in [-0.4, -0.2) is 48.2 Å². The Morgan fingerprint density at radius 1 is 1.13 bits per heavy atom. The van der Waals surface area contributed by atoms with Crippen molar-refractivity contribution in [2.75, 3.05) is 26.2 Å². The number of fused-ring (bicyclic) bond motifs is 1. The predicted octanol–water partition coefficient (Wildman–Crippen LogP) is 3.23. The average Bonchev–Trinajstić information content (AvgIpc) is 3.05. The molecule has 1 aliphatic heterocycles. The monoisotopic (exact) mass is 404 g/mol. The van der Waals surface area contributed by atoms with E-state index >= 15 is 0 Å². The van der Waals surface area contributed by atoms with Crippen LogP contribution in [0.25, 0.3) is 0 Å². The summed E-state index contributed by atoms with van der Waals surface area (Å²) < 4.78 is 10.6. The van der Waals surface area contributed by atoms with E-state index in [0.29, 0.717) is 19.0 Å². The molecule has 2 heterocycles. The molecule has 1 fully saturated rings. The van der Waals surface area contributed by atoms with Crippen molar-refractivity contribution in [2.24, 2.45) is 5.41 Å². The zero-order valence-corrected chi connectivity index (χ0v) is 17.9. The van der Waals surface area contributed by atoms with Gasteiger partial charge in [0.25, 0.3) is 0 Å². The molecule has 5 heteroatoms. The van der Waals surface area contributed by atoms with Crippen LogP contribution in [0.2, 0.25) is 0 Å². The number of hydrogen-bond donors (Lipinski definition) is 0. The van der Waals surface area contributed by atoms with Crippen molar-refractivity contribution in [1.82, 2.24) is 9.88 Å². The summed E-state index contributed by atoms with van der Waals surface area (Å²) in [6.45, 7) is 8.56. The first kappa shape index (κ1) is 20.4. The molecular weight excluding hydrogens is 376 g/mol. The van der Waals surface area contributed by atoms with E-state index in [0.717, 1.165) is 37.1 Å². The molecule has 0 unspecified atom stereocenters. The number of aromatic nitrogens is 1. The van der Waals surface area contributed by atoms with Gasteiger partial charge in [0.05, 0.1) is 19.3 Å². The maximum atomic E-state index is 11.7. The summed E-state index contributed by atoms with van der Waals surface area (Å²) in [6.07, 6.45) is 3.99. The fourth-order valence-corrected chi connectivity index (χ4v) is 4.45. The number of carbonyl (C=O) groups is 1. The number of nitrogens with zero attached hydrogens (tertiary/aromatic N) is 2. The molecule has 5 nitrogen and oxygen atoms in total. The summed E-state index contributed by atoms with van der Waals surface area (Å²) in [5, 5.41) is 0. The first-order valence-corrected chi connectivity index (χ1v) is 10.6. The van der Waals surface area contributed by atoms with E-state index in [9.17, 15) is 4.79 Å². The first-order chi connectivity index (χ1) is 14.4. The smallest absolute Gasteiger partial charge is 0.320 e. The fraction of sp³-hybridized carbons (Fsp3) is 0.440. The van der Waals surface area contributed by atoms with Gasteiger partial charge in [-0.25, -0.2) is 4.98 Å². The Labute approximate surface area is 178 Å². The number of benzene rings is 1. The van der Waals surface area contributed by atoms with Crippen molar-refractivity contribution in [3.63, 3.8) is 0 Å². The second-order valence-electron chi connectivity index (χ2n) is 8.59. The van der Waals surface area contributed by atoms with Crippen molar-refractivity contribution in [1.29, 1.82) is 0 Å². The van der Waals surface area contributed by atoms with E-state index in [2.05, 4.69) is 39.9 Å². The Kier molecular flexibility index (Phi) is 5.78. The summed E-state index contributed by atoms with van der Waals surface area (Å²) in [6, 6.07) is 10.3. The Morgan fingerprint density at radius 2 is 1.87 bits per heavy atom. The van der Waals surface area contributed by atoms with Gasteiger partial charge in [0.2, 0.25) is 5.88 Å². The molecular formula is C25H28N2O3. The molecule has 1 aromatic carbocycles. The van der Waals surface area contributed by atoms with Crippen LogP contribution in [0.5, 0.6) is 5.88 Å². The van der Waals surface area contributed by atoms with E-state index in [4.69, 9.17) is 9.47 Å². The van der Waals surface area contributed by atoms with Gasteiger partial charge in [-0.15, -0.1) is 0 Å². The normalized spacial score (nSPS) is 16.5. The van der Waals surface area contributed by atoms with Gasteiger partial charge in [-0.05, 0) is 62.9 Å². The van der Waals surface area contributed by atoms with Crippen LogP contribution >= 0.6 is 0 Å². The number of pyridine rings is 1. The highest BCUT2D eigenvalue weighted by atomic mass is 16.5. The van der Waals surface area contributed by atoms with Crippen LogP contribution in [0.3, 0.4) is 0 Å². The van der Waals surface area contributed by atoms with E-state index < -0.39 is 0 Å². The molecule has 0 bridgehead atoms. The standard InChI is InChI=1S/C25H28N2O3/c1-4-29-24(28)15-27-16-25(17-27)12-21-9-7-19(11-22(21)13-25)5-6-20-8-10-23(26-14-20)30-18(2)3/h7-11,14,18H,4,12-13,15-17H2,1-3H3. The van der Waals surface area contributed by atoms with Crippen molar-refractivity contribution in [3.05, 3.63) is 58.8 Å². The molecule has 2 aromatic rings. The van der Waals surface area contributed by atoms with E-state index in [-0.39, 0.29) is 17.5 Å². The molecule has 0 N–H and O–H groups in total. The molecule has 30 heavy (non-hydrogen) atoms. The van der Waals surface area contributed by atoms with Gasteiger partial charge in [-0.1, -0.05) is 17.9 Å². The first-order valence-electron chi connectivity index (χ1n) is 10.6. The zero-order chi connectivity index (χ0) is 21.1. The second kappa shape index (κ2) is 8.49. The quantitative estimate of drug-likeness (QED) is 0.566. The second-order valence-corrected chi connectivity index (χ2v) is 8.59. The van der Waals surface area contributed by atoms with Gasteiger partial charge >= 0.3 is 5.97 Å². The van der Waals surface area contributed by atoms with Gasteiger partial charge in [0.15, 0.2) is 0 Å². The highest BCUT2D eigenvalue weighted by Gasteiger charge is 2.47. The van der Waals surface area contributed by atoms with Crippen LogP contribution in [-0.2, 0) is 22.4 Å². The zero-order valence-electron chi connectivity index (χ0n) is 17.9. The molecule has 0 radical (unpaired) electrons. The number of carbonyl (C=O) groups excluding carboxylic acids is 1. The van der Waals surface area contributed by atoms with Crippen LogP contribution in [0.4, 0.5) is 0 Å². The lowest BCUT2D eigenvalue weighted by molar-refractivity contribution is -0.147. The summed E-state index contributed by atoms with van der Waals surface area (Å²) in [5.74, 6) is 6.95. The SMILES string of the molecule is CCOC(=O)CN1CC2(Cc3ccc(C#Cc4ccc(OC(C)C)nc4)cc3C2)C1. The number of hydrogen-bond acceptors (Lipinski definition) is 5. The largest absolute Gasteiger partial charge is 0.475 e. The Morgan fingerprint density at radius 3 is 2.57 bits per heavy atom. The number of rotatable bonds is 5. The highest BCUT2D eigenvalue weighted by molar-refractivity contribution is 5.71. The van der Waals surface area contributed by atoms with Gasteiger partial charge in [-0.2, -0.15) is 0 Å². The van der Waals surface area contributed by atoms with E-state index in [1.54, 1.807) is 6.20 Å². The summed E-state index contributed by atoms with van der Waals surface area (Å²) in [7, 11) is 0. The Balaban J connectivity index is 1.37. The summed E-state index contributed by atoms with van der Waals surface area (Å²) in [5.41, 5.74) is 4.97. The summed E-state index contributed by atoms with van der Waals surface area (Å²) >= 11 is 0. The lowest BCUT2D eigenvalue weighted by atomic mass is 9.77. The molecule has 0 atom stereocenters. The molecule has 0 amide bonds. The molecule has 0 saturated carbocycles. The fourth-order valence-electron chi connectivity index (χ4n) is 4.45. The Bertz CT molecular complexity index is 980. The molecule has 1 aliphatic carbocycles.